The average Bonchev–Trinajstić information content (AvgIpc) is 2.74. The summed E-state index contributed by atoms with van der Waals surface area (Å²) in [4.78, 5) is 17.1. The van der Waals surface area contributed by atoms with E-state index in [1.54, 1.807) is 14.2 Å². The first-order valence-electron chi connectivity index (χ1n) is 9.29. The minimum absolute atomic E-state index is 0.00153. The van der Waals surface area contributed by atoms with Crippen LogP contribution in [0.15, 0.2) is 41.3 Å². The molecule has 1 heterocycles. The van der Waals surface area contributed by atoms with Gasteiger partial charge in [0.15, 0.2) is 11.6 Å². The molecule has 2 aromatic carbocycles. The molecule has 0 atom stereocenters. The van der Waals surface area contributed by atoms with Crippen molar-refractivity contribution in [2.24, 2.45) is 0 Å². The first kappa shape index (κ1) is 21.4. The second kappa shape index (κ2) is 9.93. The van der Waals surface area contributed by atoms with E-state index < -0.39 is 11.6 Å². The molecule has 3 rings (SSSR count). The van der Waals surface area contributed by atoms with Gasteiger partial charge in [0.2, 0.25) is 5.91 Å². The van der Waals surface area contributed by atoms with Crippen LogP contribution in [0.3, 0.4) is 0 Å². The topological polar surface area (TPSA) is 42.0 Å². The van der Waals surface area contributed by atoms with Crippen molar-refractivity contribution >= 4 is 17.7 Å². The Morgan fingerprint density at radius 2 is 1.76 bits per heavy atom. The highest BCUT2D eigenvalue weighted by Gasteiger charge is 2.22. The molecule has 0 N–H and O–H groups in total. The fourth-order valence-corrected chi connectivity index (χ4v) is 4.03. The molecule has 156 valence electrons. The van der Waals surface area contributed by atoms with E-state index in [1.807, 2.05) is 23.1 Å². The van der Waals surface area contributed by atoms with Crippen LogP contribution >= 0.6 is 11.8 Å². The van der Waals surface area contributed by atoms with Crippen LogP contribution < -0.4 is 9.47 Å². The third kappa shape index (κ3) is 5.61. The van der Waals surface area contributed by atoms with E-state index in [2.05, 4.69) is 4.90 Å². The molecule has 1 fully saturated rings. The molecule has 0 spiro atoms. The molecule has 1 aliphatic rings. The van der Waals surface area contributed by atoms with E-state index in [-0.39, 0.29) is 11.7 Å². The average molecular weight is 422 g/mol. The van der Waals surface area contributed by atoms with Gasteiger partial charge in [0.05, 0.1) is 20.0 Å². The Labute approximate surface area is 173 Å². The van der Waals surface area contributed by atoms with Gasteiger partial charge in [-0.2, -0.15) is 0 Å². The van der Waals surface area contributed by atoms with E-state index >= 15 is 0 Å². The molecule has 0 saturated carbocycles. The fraction of sp³-hybridized carbons (Fsp3) is 0.381. The lowest BCUT2D eigenvalue weighted by molar-refractivity contribution is -0.130. The first-order valence-corrected chi connectivity index (χ1v) is 10.3. The number of benzene rings is 2. The zero-order valence-corrected chi connectivity index (χ0v) is 17.3. The lowest BCUT2D eigenvalue weighted by Crippen LogP contribution is -2.48. The molecule has 5 nitrogen and oxygen atoms in total. The van der Waals surface area contributed by atoms with Crippen molar-refractivity contribution in [3.8, 4) is 11.5 Å². The third-order valence-corrected chi connectivity index (χ3v) is 5.84. The number of nitrogens with zero attached hydrogens (tertiary/aromatic N) is 2. The van der Waals surface area contributed by atoms with E-state index in [1.165, 1.54) is 17.8 Å². The molecule has 0 radical (unpaired) electrons. The van der Waals surface area contributed by atoms with Gasteiger partial charge in [-0.25, -0.2) is 8.78 Å². The minimum atomic E-state index is -0.899. The molecule has 0 aromatic heterocycles. The Morgan fingerprint density at radius 1 is 1.00 bits per heavy atom. The van der Waals surface area contributed by atoms with Crippen LogP contribution in [0.5, 0.6) is 11.5 Å². The lowest BCUT2D eigenvalue weighted by atomic mass is 10.1. The first-order chi connectivity index (χ1) is 14.0. The number of hydrogen-bond acceptors (Lipinski definition) is 5. The summed E-state index contributed by atoms with van der Waals surface area (Å²) >= 11 is 1.22. The predicted octanol–water partition coefficient (Wildman–Crippen LogP) is 3.42. The number of rotatable bonds is 7. The Kier molecular flexibility index (Phi) is 7.33. The van der Waals surface area contributed by atoms with Gasteiger partial charge in [0.25, 0.3) is 0 Å². The lowest BCUT2D eigenvalue weighted by Gasteiger charge is -2.35. The van der Waals surface area contributed by atoms with Gasteiger partial charge >= 0.3 is 0 Å². The summed E-state index contributed by atoms with van der Waals surface area (Å²) in [6.07, 6.45) is 0. The number of carbonyl (C=O) groups is 1. The van der Waals surface area contributed by atoms with Crippen LogP contribution in [-0.2, 0) is 11.3 Å². The standard InChI is InChI=1S/C21H24F2N2O3S/c1-27-16-3-6-20(28-2)15(11-16)13-24-7-9-25(10-8-24)21(26)14-29-17-4-5-18(22)19(23)12-17/h3-6,11-12H,7-10,13-14H2,1-2H3. The van der Waals surface area contributed by atoms with Gasteiger partial charge in [-0.3, -0.25) is 9.69 Å². The Bertz CT molecular complexity index is 858. The smallest absolute Gasteiger partial charge is 0.233 e. The number of hydrogen-bond donors (Lipinski definition) is 0. The van der Waals surface area contributed by atoms with Crippen molar-refractivity contribution in [1.82, 2.24) is 9.80 Å². The molecule has 0 bridgehead atoms. The number of piperazine rings is 1. The molecule has 1 saturated heterocycles. The summed E-state index contributed by atoms with van der Waals surface area (Å²) in [5, 5.41) is 0. The molecule has 2 aromatic rings. The summed E-state index contributed by atoms with van der Waals surface area (Å²) in [5.74, 6) is 0.0114. The van der Waals surface area contributed by atoms with Crippen molar-refractivity contribution < 1.29 is 23.0 Å². The zero-order chi connectivity index (χ0) is 20.8. The van der Waals surface area contributed by atoms with Gasteiger partial charge in [-0.15, -0.1) is 11.8 Å². The van der Waals surface area contributed by atoms with E-state index in [4.69, 9.17) is 9.47 Å². The highest BCUT2D eigenvalue weighted by molar-refractivity contribution is 8.00. The highest BCUT2D eigenvalue weighted by atomic mass is 32.2. The minimum Gasteiger partial charge on any atom is -0.497 e. The summed E-state index contributed by atoms with van der Waals surface area (Å²) in [6.45, 7) is 3.48. The monoisotopic (exact) mass is 422 g/mol. The van der Waals surface area contributed by atoms with Crippen LogP contribution in [0.25, 0.3) is 0 Å². The van der Waals surface area contributed by atoms with E-state index in [9.17, 15) is 13.6 Å². The van der Waals surface area contributed by atoms with Crippen LogP contribution in [0.4, 0.5) is 8.78 Å². The zero-order valence-electron chi connectivity index (χ0n) is 16.5. The largest absolute Gasteiger partial charge is 0.497 e. The summed E-state index contributed by atoms with van der Waals surface area (Å²) in [5.41, 5.74) is 1.04. The number of amides is 1. The van der Waals surface area contributed by atoms with Crippen LogP contribution in [0.1, 0.15) is 5.56 Å². The molecule has 8 heteroatoms. The van der Waals surface area contributed by atoms with Crippen molar-refractivity contribution in [2.45, 2.75) is 11.4 Å². The normalized spacial score (nSPS) is 14.7. The van der Waals surface area contributed by atoms with Crippen LogP contribution in [0.2, 0.25) is 0 Å². The van der Waals surface area contributed by atoms with Crippen molar-refractivity contribution in [3.05, 3.63) is 53.6 Å². The molecule has 29 heavy (non-hydrogen) atoms. The summed E-state index contributed by atoms with van der Waals surface area (Å²) in [7, 11) is 3.28. The fourth-order valence-electron chi connectivity index (χ4n) is 3.20. The van der Waals surface area contributed by atoms with Crippen molar-refractivity contribution in [2.75, 3.05) is 46.2 Å². The molecule has 1 amide bonds. The molecule has 0 aliphatic carbocycles. The number of ether oxygens (including phenoxy) is 2. The maximum absolute atomic E-state index is 13.3. The molecular weight excluding hydrogens is 398 g/mol. The number of methoxy groups -OCH3 is 2. The SMILES string of the molecule is COc1ccc(OC)c(CN2CCN(C(=O)CSc3ccc(F)c(F)c3)CC2)c1. The summed E-state index contributed by atoms with van der Waals surface area (Å²) in [6, 6.07) is 9.40. The second-order valence-electron chi connectivity index (χ2n) is 6.70. The molecular formula is C21H24F2N2O3S. The van der Waals surface area contributed by atoms with Crippen molar-refractivity contribution in [3.63, 3.8) is 0 Å². The number of halogens is 2. The van der Waals surface area contributed by atoms with Gasteiger partial charge < -0.3 is 14.4 Å². The van der Waals surface area contributed by atoms with E-state index in [0.717, 1.165) is 42.3 Å². The highest BCUT2D eigenvalue weighted by Crippen LogP contribution is 2.26. The molecule has 0 unspecified atom stereocenters. The maximum atomic E-state index is 13.3. The van der Waals surface area contributed by atoms with Crippen LogP contribution in [-0.4, -0.2) is 61.9 Å². The Balaban J connectivity index is 1.50. The van der Waals surface area contributed by atoms with Gasteiger partial charge in [-0.1, -0.05) is 0 Å². The van der Waals surface area contributed by atoms with Gasteiger partial charge in [-0.05, 0) is 36.4 Å². The Hall–Kier alpha value is -2.32. The number of carbonyl (C=O) groups excluding carboxylic acids is 1. The number of thioether (sulfide) groups is 1. The predicted molar refractivity (Wildman–Crippen MR) is 108 cm³/mol. The molecule has 1 aliphatic heterocycles. The van der Waals surface area contributed by atoms with Crippen molar-refractivity contribution in [1.29, 1.82) is 0 Å². The maximum Gasteiger partial charge on any atom is 0.233 e. The van der Waals surface area contributed by atoms with Gasteiger partial charge in [0, 0.05) is 43.2 Å². The van der Waals surface area contributed by atoms with Crippen LogP contribution in [0, 0.1) is 11.6 Å². The second-order valence-corrected chi connectivity index (χ2v) is 7.75. The third-order valence-electron chi connectivity index (χ3n) is 4.86. The Morgan fingerprint density at radius 3 is 2.41 bits per heavy atom. The quantitative estimate of drug-likeness (QED) is 0.640. The van der Waals surface area contributed by atoms with Gasteiger partial charge in [0.1, 0.15) is 11.5 Å². The van der Waals surface area contributed by atoms with E-state index in [0.29, 0.717) is 24.5 Å². The summed E-state index contributed by atoms with van der Waals surface area (Å²) < 4.78 is 37.0.